The summed E-state index contributed by atoms with van der Waals surface area (Å²) >= 11 is 7.98. The van der Waals surface area contributed by atoms with E-state index in [1.165, 1.54) is 11.1 Å². The van der Waals surface area contributed by atoms with Crippen molar-refractivity contribution < 1.29 is 0 Å². The number of aryl methyl sites for hydroxylation is 2. The Bertz CT molecular complexity index is 1940. The van der Waals surface area contributed by atoms with Crippen LogP contribution in [-0.2, 0) is 23.7 Å². The molecule has 0 radical (unpaired) electrons. The highest BCUT2D eigenvalue weighted by Crippen LogP contribution is 2.41. The van der Waals surface area contributed by atoms with E-state index in [1.807, 2.05) is 0 Å². The van der Waals surface area contributed by atoms with Gasteiger partial charge in [0.25, 0.3) is 0 Å². The van der Waals surface area contributed by atoms with E-state index in [2.05, 4.69) is 156 Å². The minimum Gasteiger partial charge on any atom is -0.354 e. The van der Waals surface area contributed by atoms with Crippen molar-refractivity contribution >= 4 is 53.9 Å². The molecule has 0 atom stereocenters. The number of H-pyrrole nitrogens is 2. The van der Waals surface area contributed by atoms with Crippen molar-refractivity contribution in [3.8, 4) is 22.3 Å². The molecule has 0 fully saturated rings. The fourth-order valence-electron chi connectivity index (χ4n) is 6.46. The van der Waals surface area contributed by atoms with E-state index >= 15 is 0 Å². The summed E-state index contributed by atoms with van der Waals surface area (Å²) in [5.41, 5.74) is 15.2. The second-order valence-corrected chi connectivity index (χ2v) is 15.3. The molecule has 2 aliphatic rings. The molecule has 5 heterocycles. The molecule has 44 heavy (non-hydrogen) atoms. The van der Waals surface area contributed by atoms with Crippen LogP contribution in [0.5, 0.6) is 0 Å². The maximum atomic E-state index is 5.23. The average Bonchev–Trinajstić information content (AvgIpc) is 3.62. The number of aromatic nitrogens is 4. The SMILES string of the molecule is Cc1ccc(-c2c(Br)c3cc4nc(cc5[nH]c(cc6nc(cc2[nH]3)C(C)(C)C6)c(Br)c5-c2ccc(C)cc2)C(C)(C)C4)cc1. The topological polar surface area (TPSA) is 57.4 Å². The molecule has 0 saturated carbocycles. The van der Waals surface area contributed by atoms with Crippen molar-refractivity contribution in [2.75, 3.05) is 0 Å². The lowest BCUT2D eigenvalue weighted by atomic mass is 9.86. The van der Waals surface area contributed by atoms with Crippen LogP contribution in [0, 0.1) is 13.8 Å². The standard InChI is InChI=1S/C38H36Br2N4/c1-21-7-11-23(12-8-21)33-27-17-31-37(3,4)20-26(41-31)16-30-36(40)34(24-13-9-22(2)10-14-24)28(44-30)18-32-38(5,6)19-25(42-32)15-29(43-27)35(33)39/h7-18,43-44H,19-20H2,1-6H3. The number of fused-ring (bicyclic) bond motifs is 8. The molecule has 6 heteroatoms. The molecule has 0 unspecified atom stereocenters. The van der Waals surface area contributed by atoms with Gasteiger partial charge >= 0.3 is 0 Å². The molecule has 5 aromatic rings. The van der Waals surface area contributed by atoms with Gasteiger partial charge in [-0.1, -0.05) is 87.4 Å². The molecule has 0 saturated heterocycles. The normalized spacial score (nSPS) is 15.5. The predicted octanol–water partition coefficient (Wildman–Crippen LogP) is 10.8. The van der Waals surface area contributed by atoms with Crippen LogP contribution in [0.2, 0.25) is 0 Å². The maximum Gasteiger partial charge on any atom is 0.0554 e. The Kier molecular flexibility index (Phi) is 7.02. The van der Waals surface area contributed by atoms with Crippen LogP contribution < -0.4 is 0 Å². The van der Waals surface area contributed by atoms with E-state index in [0.29, 0.717) is 0 Å². The van der Waals surface area contributed by atoms with Gasteiger partial charge in [0.1, 0.15) is 0 Å². The number of hydrogen-bond donors (Lipinski definition) is 2. The third kappa shape index (κ3) is 5.16. The molecule has 8 bridgehead atoms. The van der Waals surface area contributed by atoms with Gasteiger partial charge in [0.2, 0.25) is 0 Å². The first-order valence-electron chi connectivity index (χ1n) is 15.1. The van der Waals surface area contributed by atoms with E-state index in [4.69, 9.17) is 9.97 Å². The first-order valence-corrected chi connectivity index (χ1v) is 16.7. The van der Waals surface area contributed by atoms with Gasteiger partial charge in [-0.3, -0.25) is 9.97 Å². The van der Waals surface area contributed by atoms with Crippen molar-refractivity contribution in [2.45, 2.75) is 65.2 Å². The third-order valence-electron chi connectivity index (χ3n) is 9.01. The molecule has 0 aliphatic carbocycles. The van der Waals surface area contributed by atoms with Gasteiger partial charge < -0.3 is 9.97 Å². The highest BCUT2D eigenvalue weighted by Gasteiger charge is 2.31. The van der Waals surface area contributed by atoms with Gasteiger partial charge in [0, 0.05) is 68.6 Å². The summed E-state index contributed by atoms with van der Waals surface area (Å²) in [6, 6.07) is 26.4. The Hall–Kier alpha value is -3.48. The molecule has 222 valence electrons. The van der Waals surface area contributed by atoms with Gasteiger partial charge in [-0.05, 0) is 81.1 Å². The molecule has 0 amide bonds. The summed E-state index contributed by atoms with van der Waals surface area (Å²) in [5, 5.41) is 0. The van der Waals surface area contributed by atoms with E-state index in [-0.39, 0.29) is 10.8 Å². The number of aromatic amines is 2. The van der Waals surface area contributed by atoms with Gasteiger partial charge in [-0.15, -0.1) is 0 Å². The quantitative estimate of drug-likeness (QED) is 0.192. The van der Waals surface area contributed by atoms with Crippen LogP contribution in [0.4, 0.5) is 0 Å². The number of nitrogens with zero attached hydrogens (tertiary/aromatic N) is 2. The van der Waals surface area contributed by atoms with Crippen molar-refractivity contribution in [3.63, 3.8) is 0 Å². The summed E-state index contributed by atoms with van der Waals surface area (Å²) < 4.78 is 2.09. The Morgan fingerprint density at radius 2 is 0.909 bits per heavy atom. The Morgan fingerprint density at radius 1 is 0.545 bits per heavy atom. The zero-order chi connectivity index (χ0) is 31.0. The molecular formula is C38H36Br2N4. The van der Waals surface area contributed by atoms with Crippen LogP contribution in [0.1, 0.15) is 61.6 Å². The van der Waals surface area contributed by atoms with Crippen LogP contribution in [0.3, 0.4) is 0 Å². The van der Waals surface area contributed by atoms with Gasteiger partial charge in [0.05, 0.1) is 20.0 Å². The fraction of sp³-hybridized carbons (Fsp3) is 0.263. The predicted molar refractivity (Wildman–Crippen MR) is 190 cm³/mol. The van der Waals surface area contributed by atoms with E-state index < -0.39 is 0 Å². The lowest BCUT2D eigenvalue weighted by Crippen LogP contribution is -2.15. The first-order chi connectivity index (χ1) is 20.9. The molecule has 4 nitrogen and oxygen atoms in total. The van der Waals surface area contributed by atoms with E-state index in [0.717, 1.165) is 88.9 Å². The highest BCUT2D eigenvalue weighted by molar-refractivity contribution is 9.11. The lowest BCUT2D eigenvalue weighted by molar-refractivity contribution is 0.543. The Labute approximate surface area is 275 Å². The fourth-order valence-corrected chi connectivity index (χ4v) is 7.77. The molecule has 3 aromatic heterocycles. The summed E-state index contributed by atoms with van der Waals surface area (Å²) in [4.78, 5) is 18.0. The van der Waals surface area contributed by atoms with Gasteiger partial charge in [0.15, 0.2) is 0 Å². The zero-order valence-electron chi connectivity index (χ0n) is 26.0. The largest absolute Gasteiger partial charge is 0.354 e. The Balaban J connectivity index is 1.60. The zero-order valence-corrected chi connectivity index (χ0v) is 29.2. The molecule has 7 rings (SSSR count). The summed E-state index contributed by atoms with van der Waals surface area (Å²) in [6.07, 6.45) is 1.70. The number of hydrogen-bond acceptors (Lipinski definition) is 2. The van der Waals surface area contributed by atoms with Crippen LogP contribution in [0.15, 0.2) is 81.7 Å². The third-order valence-corrected chi connectivity index (χ3v) is 10.7. The number of rotatable bonds is 2. The summed E-state index contributed by atoms with van der Waals surface area (Å²) in [5.74, 6) is 0. The summed E-state index contributed by atoms with van der Waals surface area (Å²) in [7, 11) is 0. The first kappa shape index (κ1) is 29.2. The van der Waals surface area contributed by atoms with Crippen LogP contribution in [-0.4, -0.2) is 19.9 Å². The van der Waals surface area contributed by atoms with Crippen LogP contribution >= 0.6 is 31.9 Å². The number of halogens is 2. The smallest absolute Gasteiger partial charge is 0.0554 e. The molecule has 0 spiro atoms. The van der Waals surface area contributed by atoms with Crippen molar-refractivity contribution in [1.82, 2.24) is 19.9 Å². The van der Waals surface area contributed by atoms with Crippen molar-refractivity contribution in [3.05, 3.63) is 116 Å². The molecular weight excluding hydrogens is 672 g/mol. The van der Waals surface area contributed by atoms with Gasteiger partial charge in [-0.25, -0.2) is 0 Å². The monoisotopic (exact) mass is 706 g/mol. The lowest BCUT2D eigenvalue weighted by Gasteiger charge is -2.16. The summed E-state index contributed by atoms with van der Waals surface area (Å²) in [6.45, 7) is 13.4. The highest BCUT2D eigenvalue weighted by atomic mass is 79.9. The average molecular weight is 709 g/mol. The number of nitrogens with one attached hydrogen (secondary N) is 2. The molecule has 2 N–H and O–H groups in total. The molecule has 2 aliphatic heterocycles. The minimum atomic E-state index is -0.122. The van der Waals surface area contributed by atoms with E-state index in [1.54, 1.807) is 0 Å². The number of benzene rings is 2. The minimum absolute atomic E-state index is 0.122. The van der Waals surface area contributed by atoms with Gasteiger partial charge in [-0.2, -0.15) is 0 Å². The van der Waals surface area contributed by atoms with Crippen molar-refractivity contribution in [2.24, 2.45) is 0 Å². The molecule has 2 aromatic carbocycles. The maximum absolute atomic E-state index is 5.23. The second-order valence-electron chi connectivity index (χ2n) is 13.7. The second kappa shape index (κ2) is 10.6. The van der Waals surface area contributed by atoms with E-state index in [9.17, 15) is 0 Å². The van der Waals surface area contributed by atoms with Crippen molar-refractivity contribution in [1.29, 1.82) is 0 Å². The Morgan fingerprint density at radius 3 is 1.27 bits per heavy atom. The van der Waals surface area contributed by atoms with Crippen LogP contribution in [0.25, 0.3) is 44.3 Å².